The number of aryl methyl sites for hydroxylation is 2. The fraction of sp³-hybridized carbons (Fsp3) is 0.478. The Bertz CT molecular complexity index is 1020. The number of nitrogens with zero attached hydrogens (tertiary/aromatic N) is 3. The summed E-state index contributed by atoms with van der Waals surface area (Å²) in [5.41, 5.74) is 2.68. The fourth-order valence-corrected chi connectivity index (χ4v) is 7.20. The third-order valence-electron chi connectivity index (χ3n) is 6.54. The summed E-state index contributed by atoms with van der Waals surface area (Å²) in [7, 11) is -3.78. The van der Waals surface area contributed by atoms with Crippen molar-refractivity contribution in [3.8, 4) is 0 Å². The van der Waals surface area contributed by atoms with Crippen LogP contribution in [0.2, 0.25) is 0 Å². The molecule has 1 saturated carbocycles. The zero-order chi connectivity index (χ0) is 21.4. The highest BCUT2D eigenvalue weighted by molar-refractivity contribution is 7.93. The highest BCUT2D eigenvalue weighted by Crippen LogP contribution is 2.43. The highest BCUT2D eigenvalue weighted by atomic mass is 32.2. The molecule has 2 fully saturated rings. The quantitative estimate of drug-likeness (QED) is 0.750. The van der Waals surface area contributed by atoms with Crippen LogP contribution in [-0.4, -0.2) is 55.1 Å². The second-order valence-corrected chi connectivity index (χ2v) is 10.7. The van der Waals surface area contributed by atoms with E-state index in [9.17, 15) is 13.2 Å². The first-order valence-corrected chi connectivity index (χ1v) is 12.1. The van der Waals surface area contributed by atoms with Crippen molar-refractivity contribution in [3.05, 3.63) is 53.9 Å². The molecule has 1 aliphatic carbocycles. The summed E-state index contributed by atoms with van der Waals surface area (Å²) in [4.78, 5) is 22.1. The molecule has 2 aliphatic rings. The van der Waals surface area contributed by atoms with E-state index in [0.29, 0.717) is 49.5 Å². The van der Waals surface area contributed by atoms with Crippen LogP contribution in [0.1, 0.15) is 36.8 Å². The molecule has 0 N–H and O–H groups in total. The van der Waals surface area contributed by atoms with Crippen LogP contribution in [-0.2, 0) is 14.6 Å². The Balaban J connectivity index is 1.60. The van der Waals surface area contributed by atoms with Crippen molar-refractivity contribution in [2.75, 3.05) is 31.1 Å². The summed E-state index contributed by atoms with van der Waals surface area (Å²) in [6, 6.07) is 9.39. The van der Waals surface area contributed by atoms with Crippen LogP contribution in [0.4, 0.5) is 5.69 Å². The Hall–Kier alpha value is -2.41. The Labute approximate surface area is 178 Å². The molecule has 0 atom stereocenters. The van der Waals surface area contributed by atoms with Crippen LogP contribution >= 0.6 is 0 Å². The molecule has 1 aromatic carbocycles. The number of aromatic nitrogens is 1. The molecular weight excluding hydrogens is 398 g/mol. The molecule has 0 bridgehead atoms. The van der Waals surface area contributed by atoms with Crippen LogP contribution in [0.3, 0.4) is 0 Å². The molecule has 0 unspecified atom stereocenters. The van der Waals surface area contributed by atoms with Gasteiger partial charge in [-0.25, -0.2) is 8.42 Å². The molecule has 1 aliphatic heterocycles. The predicted octanol–water partition coefficient (Wildman–Crippen LogP) is 3.13. The zero-order valence-electron chi connectivity index (χ0n) is 17.7. The summed E-state index contributed by atoms with van der Waals surface area (Å²) in [6.07, 6.45) is 5.88. The Morgan fingerprint density at radius 1 is 0.967 bits per heavy atom. The van der Waals surface area contributed by atoms with E-state index in [1.165, 1.54) is 0 Å². The average Bonchev–Trinajstić information content (AvgIpc) is 3.27. The van der Waals surface area contributed by atoms with E-state index in [1.54, 1.807) is 23.4 Å². The maximum atomic E-state index is 13.8. The lowest BCUT2D eigenvalue weighted by atomic mass is 10.0. The minimum absolute atomic E-state index is 0.213. The van der Waals surface area contributed by atoms with Crippen molar-refractivity contribution in [3.63, 3.8) is 0 Å². The van der Waals surface area contributed by atoms with Crippen LogP contribution in [0.15, 0.2) is 47.6 Å². The zero-order valence-corrected chi connectivity index (χ0v) is 18.5. The van der Waals surface area contributed by atoms with Crippen LogP contribution in [0.5, 0.6) is 0 Å². The van der Waals surface area contributed by atoms with Crippen LogP contribution in [0.25, 0.3) is 0 Å². The van der Waals surface area contributed by atoms with Gasteiger partial charge < -0.3 is 9.80 Å². The second kappa shape index (κ2) is 8.02. The van der Waals surface area contributed by atoms with Gasteiger partial charge >= 0.3 is 0 Å². The van der Waals surface area contributed by atoms with Crippen LogP contribution in [0, 0.1) is 13.8 Å². The summed E-state index contributed by atoms with van der Waals surface area (Å²) >= 11 is 0. The number of carbonyl (C=O) groups excluding carboxylic acids is 1. The molecule has 0 spiro atoms. The van der Waals surface area contributed by atoms with E-state index in [2.05, 4.69) is 9.88 Å². The van der Waals surface area contributed by atoms with Crippen molar-refractivity contribution in [2.24, 2.45) is 0 Å². The van der Waals surface area contributed by atoms with Gasteiger partial charge in [0.1, 0.15) is 0 Å². The van der Waals surface area contributed by atoms with E-state index >= 15 is 0 Å². The standard InChI is InChI=1S/C23H29N3O3S/c1-18-5-6-19(2)21(17-18)30(28,29)23(9-3-4-10-23)22(27)26-15-13-25(14-16-26)20-7-11-24-12-8-20/h5-8,11-12,17H,3-4,9-10,13-16H2,1-2H3. The van der Waals surface area contributed by atoms with Crippen molar-refractivity contribution < 1.29 is 13.2 Å². The SMILES string of the molecule is Cc1ccc(C)c(S(=O)(=O)C2(C(=O)N3CCN(c4ccncc4)CC3)CCCC2)c1. The number of hydrogen-bond acceptors (Lipinski definition) is 5. The maximum Gasteiger partial charge on any atom is 0.244 e. The minimum Gasteiger partial charge on any atom is -0.368 e. The van der Waals surface area contributed by atoms with E-state index in [0.717, 1.165) is 24.1 Å². The topological polar surface area (TPSA) is 70.6 Å². The highest BCUT2D eigenvalue weighted by Gasteiger charge is 2.55. The first-order chi connectivity index (χ1) is 14.3. The molecular formula is C23H29N3O3S. The van der Waals surface area contributed by atoms with Gasteiger partial charge in [0.25, 0.3) is 0 Å². The monoisotopic (exact) mass is 427 g/mol. The van der Waals surface area contributed by atoms with Gasteiger partial charge in [0.15, 0.2) is 14.6 Å². The number of piperazine rings is 1. The molecule has 0 radical (unpaired) electrons. The maximum absolute atomic E-state index is 13.8. The normalized spacial score (nSPS) is 19.1. The average molecular weight is 428 g/mol. The molecule has 2 aromatic rings. The lowest BCUT2D eigenvalue weighted by molar-refractivity contribution is -0.134. The van der Waals surface area contributed by atoms with Gasteiger partial charge in [-0.05, 0) is 56.0 Å². The smallest absolute Gasteiger partial charge is 0.244 e. The largest absolute Gasteiger partial charge is 0.368 e. The number of amides is 1. The number of rotatable bonds is 4. The summed E-state index contributed by atoms with van der Waals surface area (Å²) in [6.45, 7) is 6.15. The van der Waals surface area contributed by atoms with Crippen LogP contribution < -0.4 is 4.90 Å². The third-order valence-corrected chi connectivity index (χ3v) is 9.17. The lowest BCUT2D eigenvalue weighted by Gasteiger charge is -2.40. The second-order valence-electron chi connectivity index (χ2n) is 8.46. The van der Waals surface area contributed by atoms with Crippen molar-refractivity contribution in [2.45, 2.75) is 49.2 Å². The molecule has 1 saturated heterocycles. The number of benzene rings is 1. The molecule has 2 heterocycles. The summed E-state index contributed by atoms with van der Waals surface area (Å²) in [5.74, 6) is -0.213. The summed E-state index contributed by atoms with van der Waals surface area (Å²) < 4.78 is 26.3. The molecule has 160 valence electrons. The number of carbonyl (C=O) groups is 1. The fourth-order valence-electron chi connectivity index (χ4n) is 4.76. The predicted molar refractivity (Wildman–Crippen MR) is 117 cm³/mol. The van der Waals surface area contributed by atoms with E-state index < -0.39 is 14.6 Å². The van der Waals surface area contributed by atoms with Crippen molar-refractivity contribution in [1.29, 1.82) is 0 Å². The van der Waals surface area contributed by atoms with E-state index in [4.69, 9.17) is 0 Å². The first-order valence-electron chi connectivity index (χ1n) is 10.6. The lowest BCUT2D eigenvalue weighted by Crippen LogP contribution is -2.57. The van der Waals surface area contributed by atoms with Gasteiger partial charge in [-0.2, -0.15) is 0 Å². The van der Waals surface area contributed by atoms with Gasteiger partial charge in [-0.1, -0.05) is 25.0 Å². The molecule has 1 aromatic heterocycles. The molecule has 7 heteroatoms. The molecule has 4 rings (SSSR count). The van der Waals surface area contributed by atoms with Gasteiger partial charge in [-0.15, -0.1) is 0 Å². The van der Waals surface area contributed by atoms with Crippen molar-refractivity contribution in [1.82, 2.24) is 9.88 Å². The number of sulfone groups is 1. The number of anilines is 1. The van der Waals surface area contributed by atoms with Gasteiger partial charge in [0.05, 0.1) is 4.90 Å². The van der Waals surface area contributed by atoms with Gasteiger partial charge in [0, 0.05) is 44.3 Å². The third kappa shape index (κ3) is 3.49. The Morgan fingerprint density at radius 3 is 2.23 bits per heavy atom. The van der Waals surface area contributed by atoms with E-state index in [1.807, 2.05) is 38.1 Å². The van der Waals surface area contributed by atoms with Gasteiger partial charge in [0.2, 0.25) is 5.91 Å². The van der Waals surface area contributed by atoms with Gasteiger partial charge in [-0.3, -0.25) is 9.78 Å². The molecule has 6 nitrogen and oxygen atoms in total. The molecule has 1 amide bonds. The van der Waals surface area contributed by atoms with Crippen molar-refractivity contribution >= 4 is 21.4 Å². The van der Waals surface area contributed by atoms with E-state index in [-0.39, 0.29) is 5.91 Å². The minimum atomic E-state index is -3.78. The number of pyridine rings is 1. The first kappa shape index (κ1) is 20.8. The Kier molecular flexibility index (Phi) is 5.57. The Morgan fingerprint density at radius 2 is 1.60 bits per heavy atom. The number of hydrogen-bond donors (Lipinski definition) is 0. The molecule has 30 heavy (non-hydrogen) atoms. The summed E-state index contributed by atoms with van der Waals surface area (Å²) in [5, 5.41) is 0.